The summed E-state index contributed by atoms with van der Waals surface area (Å²) in [5.74, 6) is -1.93. The van der Waals surface area contributed by atoms with E-state index in [4.69, 9.17) is 5.11 Å². The number of ether oxygens (including phenoxy) is 1. The Kier molecular flexibility index (Phi) is 4.52. The fraction of sp³-hybridized carbons (Fsp3) is 0.562. The van der Waals surface area contributed by atoms with Crippen LogP contribution in [0.3, 0.4) is 0 Å². The number of carbonyl (C=O) groups is 1. The highest BCUT2D eigenvalue weighted by Gasteiger charge is 2.45. The molecule has 25 heavy (non-hydrogen) atoms. The summed E-state index contributed by atoms with van der Waals surface area (Å²) in [4.78, 5) is 12.5. The normalized spacial score (nSPS) is 22.1. The van der Waals surface area contributed by atoms with Crippen LogP contribution in [0.2, 0.25) is 0 Å². The number of hydrogen-bond donors (Lipinski definition) is 2. The first-order valence-electron chi connectivity index (χ1n) is 8.01. The van der Waals surface area contributed by atoms with Gasteiger partial charge in [0, 0.05) is 24.7 Å². The number of alkyl halides is 3. The second-order valence-corrected chi connectivity index (χ2v) is 6.43. The van der Waals surface area contributed by atoms with E-state index in [1.54, 1.807) is 0 Å². The number of hydrogen-bond acceptors (Lipinski definition) is 3. The van der Waals surface area contributed by atoms with Crippen LogP contribution in [0.1, 0.15) is 31.2 Å². The molecule has 1 heterocycles. The molecule has 1 aromatic carbocycles. The molecule has 1 saturated heterocycles. The maximum atomic E-state index is 13.6. The number of benzene rings is 1. The summed E-state index contributed by atoms with van der Waals surface area (Å²) in [6.07, 6.45) is -3.05. The second-order valence-electron chi connectivity index (χ2n) is 6.43. The van der Waals surface area contributed by atoms with Gasteiger partial charge in [0.15, 0.2) is 11.6 Å². The van der Waals surface area contributed by atoms with Crippen molar-refractivity contribution in [1.82, 2.24) is 10.2 Å². The summed E-state index contributed by atoms with van der Waals surface area (Å²) in [5, 5.41) is 12.4. The van der Waals surface area contributed by atoms with Crippen molar-refractivity contribution in [3.05, 3.63) is 29.6 Å². The Bertz CT molecular complexity index is 661. The van der Waals surface area contributed by atoms with Crippen LogP contribution in [0.4, 0.5) is 22.4 Å². The Morgan fingerprint density at radius 3 is 2.72 bits per heavy atom. The molecule has 1 saturated carbocycles. The van der Waals surface area contributed by atoms with Gasteiger partial charge in [-0.2, -0.15) is 0 Å². The molecule has 0 aromatic heterocycles. The van der Waals surface area contributed by atoms with Crippen LogP contribution in [0.15, 0.2) is 18.2 Å². The predicted octanol–water partition coefficient (Wildman–Crippen LogP) is 3.45. The van der Waals surface area contributed by atoms with E-state index in [1.807, 2.05) is 0 Å². The fourth-order valence-corrected chi connectivity index (χ4v) is 3.31. The van der Waals surface area contributed by atoms with Gasteiger partial charge in [0.25, 0.3) is 0 Å². The first-order valence-corrected chi connectivity index (χ1v) is 8.01. The van der Waals surface area contributed by atoms with Crippen molar-refractivity contribution in [2.75, 3.05) is 13.1 Å². The largest absolute Gasteiger partial charge is 0.573 e. The van der Waals surface area contributed by atoms with Gasteiger partial charge < -0.3 is 20.1 Å². The predicted molar refractivity (Wildman–Crippen MR) is 79.8 cm³/mol. The Morgan fingerprint density at radius 2 is 2.12 bits per heavy atom. The average molecular weight is 362 g/mol. The number of rotatable bonds is 5. The van der Waals surface area contributed by atoms with Gasteiger partial charge in [0.05, 0.1) is 0 Å². The quantitative estimate of drug-likeness (QED) is 0.788. The Labute approximate surface area is 141 Å². The molecule has 2 fully saturated rings. The molecule has 0 bridgehead atoms. The molecule has 9 heteroatoms. The van der Waals surface area contributed by atoms with E-state index in [2.05, 4.69) is 10.1 Å². The molecule has 1 aliphatic heterocycles. The SMILES string of the molecule is O=C(O)N1CCC[C@@H]1CNC1(c2ccc(F)c(OC(F)(F)F)c2)CC1. The molecule has 0 spiro atoms. The molecule has 1 aromatic rings. The van der Waals surface area contributed by atoms with Gasteiger partial charge in [-0.15, -0.1) is 13.2 Å². The van der Waals surface area contributed by atoms with Gasteiger partial charge in [-0.1, -0.05) is 6.07 Å². The van der Waals surface area contributed by atoms with Gasteiger partial charge in [0.2, 0.25) is 0 Å². The highest BCUT2D eigenvalue weighted by atomic mass is 19.4. The zero-order chi connectivity index (χ0) is 18.2. The lowest BCUT2D eigenvalue weighted by Gasteiger charge is -2.26. The highest BCUT2D eigenvalue weighted by Crippen LogP contribution is 2.47. The molecular formula is C16H18F4N2O3. The molecule has 2 aliphatic rings. The van der Waals surface area contributed by atoms with Gasteiger partial charge >= 0.3 is 12.5 Å². The second kappa shape index (κ2) is 6.36. The summed E-state index contributed by atoms with van der Waals surface area (Å²) in [6, 6.07) is 3.28. The summed E-state index contributed by atoms with van der Waals surface area (Å²) < 4.78 is 54.4. The minimum atomic E-state index is -4.96. The maximum absolute atomic E-state index is 13.6. The molecular weight excluding hydrogens is 344 g/mol. The van der Waals surface area contributed by atoms with Crippen molar-refractivity contribution in [2.45, 2.75) is 43.6 Å². The van der Waals surface area contributed by atoms with Crippen molar-refractivity contribution in [2.24, 2.45) is 0 Å². The number of halogens is 4. The minimum Gasteiger partial charge on any atom is -0.465 e. The van der Waals surface area contributed by atoms with Crippen LogP contribution in [0.5, 0.6) is 5.75 Å². The van der Waals surface area contributed by atoms with Crippen LogP contribution in [0, 0.1) is 5.82 Å². The first-order chi connectivity index (χ1) is 11.7. The molecule has 1 aliphatic carbocycles. The van der Waals surface area contributed by atoms with Gasteiger partial charge in [-0.3, -0.25) is 0 Å². The van der Waals surface area contributed by atoms with E-state index in [0.717, 1.165) is 25.0 Å². The third-order valence-corrected chi connectivity index (χ3v) is 4.76. The number of carboxylic acid groups (broad SMARTS) is 1. The monoisotopic (exact) mass is 362 g/mol. The summed E-state index contributed by atoms with van der Waals surface area (Å²) in [6.45, 7) is 0.883. The van der Waals surface area contributed by atoms with E-state index in [-0.39, 0.29) is 6.04 Å². The Hall–Kier alpha value is -2.03. The van der Waals surface area contributed by atoms with Crippen molar-refractivity contribution < 1.29 is 32.2 Å². The van der Waals surface area contributed by atoms with Crippen molar-refractivity contribution in [3.8, 4) is 5.75 Å². The summed E-state index contributed by atoms with van der Waals surface area (Å²) in [5.41, 5.74) is -0.0440. The third-order valence-electron chi connectivity index (χ3n) is 4.76. The molecule has 5 nitrogen and oxygen atoms in total. The lowest BCUT2D eigenvalue weighted by molar-refractivity contribution is -0.275. The molecule has 2 N–H and O–H groups in total. The van der Waals surface area contributed by atoms with Gasteiger partial charge in [-0.05, 0) is 43.4 Å². The summed E-state index contributed by atoms with van der Waals surface area (Å²) >= 11 is 0. The summed E-state index contributed by atoms with van der Waals surface area (Å²) in [7, 11) is 0. The van der Waals surface area contributed by atoms with Crippen molar-refractivity contribution >= 4 is 6.09 Å². The average Bonchev–Trinajstić information content (AvgIpc) is 3.15. The zero-order valence-electron chi connectivity index (χ0n) is 13.3. The van der Waals surface area contributed by atoms with Gasteiger partial charge in [-0.25, -0.2) is 9.18 Å². The standard InChI is InChI=1S/C16H18F4N2O3/c17-12-4-3-10(8-13(12)25-16(18,19)20)15(5-6-15)21-9-11-2-1-7-22(11)14(23)24/h3-4,8,11,21H,1-2,5-7,9H2,(H,23,24)/t11-/m1/s1. The molecule has 138 valence electrons. The van der Waals surface area contributed by atoms with Crippen molar-refractivity contribution in [3.63, 3.8) is 0 Å². The smallest absolute Gasteiger partial charge is 0.465 e. The topological polar surface area (TPSA) is 61.8 Å². The molecule has 0 unspecified atom stereocenters. The van der Waals surface area contributed by atoms with E-state index in [0.29, 0.717) is 31.5 Å². The molecule has 1 atom stereocenters. The van der Waals surface area contributed by atoms with Crippen LogP contribution in [0.25, 0.3) is 0 Å². The number of nitrogens with one attached hydrogen (secondary N) is 1. The van der Waals surface area contributed by atoms with Crippen LogP contribution in [-0.4, -0.2) is 41.6 Å². The maximum Gasteiger partial charge on any atom is 0.573 e. The van der Waals surface area contributed by atoms with E-state index in [9.17, 15) is 22.4 Å². The lowest BCUT2D eigenvalue weighted by atomic mass is 10.0. The first kappa shape index (κ1) is 17.8. The van der Waals surface area contributed by atoms with Crippen LogP contribution < -0.4 is 10.1 Å². The number of likely N-dealkylation sites (tertiary alicyclic amines) is 1. The van der Waals surface area contributed by atoms with Crippen molar-refractivity contribution in [1.29, 1.82) is 0 Å². The Balaban J connectivity index is 1.71. The fourth-order valence-electron chi connectivity index (χ4n) is 3.31. The molecule has 1 amide bonds. The molecule has 0 radical (unpaired) electrons. The third kappa shape index (κ3) is 3.97. The number of amides is 1. The van der Waals surface area contributed by atoms with E-state index < -0.39 is 29.6 Å². The lowest BCUT2D eigenvalue weighted by Crippen LogP contribution is -2.44. The highest BCUT2D eigenvalue weighted by molar-refractivity contribution is 5.65. The minimum absolute atomic E-state index is 0.165. The number of nitrogens with zero attached hydrogens (tertiary/aromatic N) is 1. The van der Waals surface area contributed by atoms with Gasteiger partial charge in [0.1, 0.15) is 0 Å². The van der Waals surface area contributed by atoms with Crippen LogP contribution >= 0.6 is 0 Å². The van der Waals surface area contributed by atoms with E-state index >= 15 is 0 Å². The van der Waals surface area contributed by atoms with Crippen LogP contribution in [-0.2, 0) is 5.54 Å². The Morgan fingerprint density at radius 1 is 1.40 bits per heavy atom. The zero-order valence-corrected chi connectivity index (χ0v) is 13.3. The molecule has 3 rings (SSSR count). The van der Waals surface area contributed by atoms with E-state index in [1.165, 1.54) is 11.0 Å².